The van der Waals surface area contributed by atoms with Crippen molar-refractivity contribution in [1.29, 1.82) is 0 Å². The highest BCUT2D eigenvalue weighted by molar-refractivity contribution is 7.90. The highest BCUT2D eigenvalue weighted by atomic mass is 35.5. The quantitative estimate of drug-likeness (QED) is 0.589. The van der Waals surface area contributed by atoms with Crippen LogP contribution in [-0.2, 0) is 14.8 Å². The lowest BCUT2D eigenvalue weighted by atomic mass is 10.1. The number of carbonyl (C=O) groups is 1. The van der Waals surface area contributed by atoms with Gasteiger partial charge < -0.3 is 15.3 Å². The van der Waals surface area contributed by atoms with E-state index in [1.807, 2.05) is 0 Å². The Morgan fingerprint density at radius 3 is 2.80 bits per heavy atom. The second kappa shape index (κ2) is 9.46. The minimum atomic E-state index is -3.78. The summed E-state index contributed by atoms with van der Waals surface area (Å²) in [6.07, 6.45) is 4.40. The van der Waals surface area contributed by atoms with Gasteiger partial charge in [-0.3, -0.25) is 9.78 Å². The Morgan fingerprint density at radius 1 is 1.33 bits per heavy atom. The molecule has 30 heavy (non-hydrogen) atoms. The summed E-state index contributed by atoms with van der Waals surface area (Å²) in [4.78, 5) is 15.2. The van der Waals surface area contributed by atoms with Crippen LogP contribution in [0.25, 0.3) is 11.0 Å². The van der Waals surface area contributed by atoms with Crippen molar-refractivity contribution in [2.75, 3.05) is 24.5 Å². The molecule has 10 heteroatoms. The number of nitrogens with zero attached hydrogens (tertiary/aromatic N) is 3. The van der Waals surface area contributed by atoms with Crippen molar-refractivity contribution in [2.45, 2.75) is 24.3 Å². The van der Waals surface area contributed by atoms with Crippen LogP contribution in [0.15, 0.2) is 53.7 Å². The average molecular weight is 451 g/mol. The molecule has 2 aromatic heterocycles. The van der Waals surface area contributed by atoms with Crippen molar-refractivity contribution in [3.05, 3.63) is 53.8 Å². The standard InChI is InChI=1S/C19H21ClN4O2S.CH2O2/c1-2-15-12-23(10-9-21-15)18-13-24(17-7-4-8-22-19(17)18)27(25,26)16-6-3-5-14(20)11-16;2-1-3/h3-8,11,13,15,21H,2,9-10,12H2,1H3;1H,(H,2,3). The number of hydrogen-bond acceptors (Lipinski definition) is 6. The van der Waals surface area contributed by atoms with Crippen molar-refractivity contribution < 1.29 is 18.3 Å². The Bertz CT molecular complexity index is 1130. The number of nitrogens with one attached hydrogen (secondary N) is 1. The molecule has 1 saturated heterocycles. The Hall–Kier alpha value is -2.62. The Balaban J connectivity index is 0.000000806. The van der Waals surface area contributed by atoms with Gasteiger partial charge in [0.1, 0.15) is 5.52 Å². The Kier molecular flexibility index (Phi) is 6.96. The summed E-state index contributed by atoms with van der Waals surface area (Å²) in [7, 11) is -3.78. The highest BCUT2D eigenvalue weighted by Crippen LogP contribution is 2.31. The third kappa shape index (κ3) is 4.43. The lowest BCUT2D eigenvalue weighted by Crippen LogP contribution is -2.50. The minimum absolute atomic E-state index is 0.161. The van der Waals surface area contributed by atoms with E-state index in [9.17, 15) is 8.42 Å². The molecule has 1 aliphatic heterocycles. The zero-order valence-corrected chi connectivity index (χ0v) is 18.0. The molecule has 1 atom stereocenters. The van der Waals surface area contributed by atoms with Gasteiger partial charge in [-0.15, -0.1) is 0 Å². The van der Waals surface area contributed by atoms with Crippen LogP contribution in [0, 0.1) is 0 Å². The molecule has 1 aromatic carbocycles. The maximum absolute atomic E-state index is 13.3. The van der Waals surface area contributed by atoms with E-state index in [2.05, 4.69) is 22.1 Å². The summed E-state index contributed by atoms with van der Waals surface area (Å²) < 4.78 is 27.8. The van der Waals surface area contributed by atoms with Crippen LogP contribution in [0.3, 0.4) is 0 Å². The van der Waals surface area contributed by atoms with Crippen LogP contribution >= 0.6 is 11.6 Å². The number of anilines is 1. The smallest absolute Gasteiger partial charge is 0.290 e. The van der Waals surface area contributed by atoms with Crippen molar-refractivity contribution in [2.24, 2.45) is 0 Å². The van der Waals surface area contributed by atoms with Crippen LogP contribution in [0.1, 0.15) is 13.3 Å². The Labute approximate surface area is 180 Å². The molecule has 3 heterocycles. The van der Waals surface area contributed by atoms with Gasteiger partial charge in [0.05, 0.1) is 16.1 Å². The van der Waals surface area contributed by atoms with Crippen LogP contribution in [0.4, 0.5) is 5.69 Å². The number of rotatable bonds is 4. The highest BCUT2D eigenvalue weighted by Gasteiger charge is 2.26. The van der Waals surface area contributed by atoms with E-state index < -0.39 is 10.0 Å². The van der Waals surface area contributed by atoms with Gasteiger partial charge in [-0.2, -0.15) is 0 Å². The summed E-state index contributed by atoms with van der Waals surface area (Å²) in [6, 6.07) is 10.2. The van der Waals surface area contributed by atoms with Crippen molar-refractivity contribution in [1.82, 2.24) is 14.3 Å². The normalized spacial score (nSPS) is 16.7. The van der Waals surface area contributed by atoms with E-state index in [0.717, 1.165) is 31.7 Å². The average Bonchev–Trinajstić information content (AvgIpc) is 3.15. The summed E-state index contributed by atoms with van der Waals surface area (Å²) in [5, 5.41) is 10.8. The number of aromatic nitrogens is 2. The molecule has 1 unspecified atom stereocenters. The summed E-state index contributed by atoms with van der Waals surface area (Å²) in [6.45, 7) is 4.39. The zero-order valence-electron chi connectivity index (χ0n) is 16.4. The molecule has 160 valence electrons. The van der Waals surface area contributed by atoms with E-state index in [1.165, 1.54) is 10.0 Å². The molecule has 0 saturated carbocycles. The number of piperazine rings is 1. The van der Waals surface area contributed by atoms with E-state index in [0.29, 0.717) is 22.1 Å². The third-order valence-electron chi connectivity index (χ3n) is 4.95. The largest absolute Gasteiger partial charge is 0.483 e. The number of carboxylic acid groups (broad SMARTS) is 1. The van der Waals surface area contributed by atoms with Crippen LogP contribution in [-0.4, -0.2) is 54.6 Å². The topological polar surface area (TPSA) is 105 Å². The van der Waals surface area contributed by atoms with Crippen LogP contribution in [0.2, 0.25) is 5.02 Å². The molecule has 4 rings (SSSR count). The van der Waals surface area contributed by atoms with Gasteiger partial charge in [0.15, 0.2) is 0 Å². The number of halogens is 1. The molecule has 0 bridgehead atoms. The maximum Gasteiger partial charge on any atom is 0.290 e. The number of fused-ring (bicyclic) bond motifs is 1. The van der Waals surface area contributed by atoms with E-state index in [1.54, 1.807) is 42.7 Å². The molecule has 8 nitrogen and oxygen atoms in total. The first-order valence-corrected chi connectivity index (χ1v) is 11.3. The van der Waals surface area contributed by atoms with Gasteiger partial charge in [-0.1, -0.05) is 24.6 Å². The fraction of sp³-hybridized carbons (Fsp3) is 0.300. The number of pyridine rings is 1. The van der Waals surface area contributed by atoms with Crippen molar-refractivity contribution in [3.8, 4) is 0 Å². The van der Waals surface area contributed by atoms with Gasteiger partial charge in [0.2, 0.25) is 0 Å². The summed E-state index contributed by atoms with van der Waals surface area (Å²) in [5.74, 6) is 0. The molecule has 2 N–H and O–H groups in total. The van der Waals surface area contributed by atoms with E-state index in [4.69, 9.17) is 21.5 Å². The van der Waals surface area contributed by atoms with Crippen molar-refractivity contribution >= 4 is 44.8 Å². The SMILES string of the molecule is CCC1CN(c2cn(S(=O)(=O)c3cccc(Cl)c3)c3cccnc23)CCN1.O=CO. The second-order valence-corrected chi connectivity index (χ2v) is 9.01. The predicted molar refractivity (Wildman–Crippen MR) is 117 cm³/mol. The fourth-order valence-electron chi connectivity index (χ4n) is 3.50. The molecule has 1 fully saturated rings. The molecule has 0 radical (unpaired) electrons. The van der Waals surface area contributed by atoms with Gasteiger partial charge in [-0.05, 0) is 36.8 Å². The van der Waals surface area contributed by atoms with Crippen molar-refractivity contribution in [3.63, 3.8) is 0 Å². The minimum Gasteiger partial charge on any atom is -0.483 e. The van der Waals surface area contributed by atoms with Gasteiger partial charge in [0.25, 0.3) is 16.5 Å². The fourth-order valence-corrected chi connectivity index (χ4v) is 5.16. The first-order valence-electron chi connectivity index (χ1n) is 9.45. The van der Waals surface area contributed by atoms with Gasteiger partial charge in [0, 0.05) is 43.1 Å². The first-order chi connectivity index (χ1) is 14.4. The first kappa shape index (κ1) is 22.1. The third-order valence-corrected chi connectivity index (χ3v) is 6.85. The molecule has 0 spiro atoms. The molecule has 1 aliphatic rings. The monoisotopic (exact) mass is 450 g/mol. The summed E-state index contributed by atoms with van der Waals surface area (Å²) in [5.41, 5.74) is 2.11. The number of benzene rings is 1. The predicted octanol–water partition coefficient (Wildman–Crippen LogP) is 2.82. The Morgan fingerprint density at radius 2 is 2.10 bits per heavy atom. The lowest BCUT2D eigenvalue weighted by molar-refractivity contribution is -0.122. The van der Waals surface area contributed by atoms with Crippen LogP contribution in [0.5, 0.6) is 0 Å². The second-order valence-electron chi connectivity index (χ2n) is 6.75. The zero-order chi connectivity index (χ0) is 21.7. The molecular formula is C20H23ClN4O4S. The molecule has 0 aliphatic carbocycles. The van der Waals surface area contributed by atoms with E-state index >= 15 is 0 Å². The van der Waals surface area contributed by atoms with Gasteiger partial charge >= 0.3 is 0 Å². The van der Waals surface area contributed by atoms with Gasteiger partial charge in [-0.25, -0.2) is 12.4 Å². The maximum atomic E-state index is 13.3. The van der Waals surface area contributed by atoms with E-state index in [-0.39, 0.29) is 11.4 Å². The lowest BCUT2D eigenvalue weighted by Gasteiger charge is -2.34. The molecule has 3 aromatic rings. The number of hydrogen-bond donors (Lipinski definition) is 2. The molecular weight excluding hydrogens is 428 g/mol. The van der Waals surface area contributed by atoms with Crippen LogP contribution < -0.4 is 10.2 Å². The summed E-state index contributed by atoms with van der Waals surface area (Å²) >= 11 is 6.01. The molecule has 0 amide bonds.